The number of aryl methyl sites for hydroxylation is 1. The first-order valence-corrected chi connectivity index (χ1v) is 14.5. The molecule has 0 aliphatic heterocycles. The Balaban J connectivity index is 0.000000548. The third kappa shape index (κ3) is 9.72. The maximum atomic E-state index is 13.5. The van der Waals surface area contributed by atoms with Crippen LogP contribution in [0.4, 0.5) is 26.3 Å². The van der Waals surface area contributed by atoms with Crippen molar-refractivity contribution < 1.29 is 59.4 Å². The number of benzene rings is 2. The highest BCUT2D eigenvalue weighted by molar-refractivity contribution is 8.01. The average molecular weight is 674 g/mol. The first kappa shape index (κ1) is 36.9. The highest BCUT2D eigenvalue weighted by Gasteiger charge is 2.39. The van der Waals surface area contributed by atoms with Crippen molar-refractivity contribution in [3.63, 3.8) is 0 Å². The smallest absolute Gasteiger partial charge is 0.475 e. The number of aliphatic carboxylic acids is 2. The lowest BCUT2D eigenvalue weighted by Gasteiger charge is -2.16. The largest absolute Gasteiger partial charge is 0.490 e. The molecule has 0 bridgehead atoms. The van der Waals surface area contributed by atoms with E-state index in [1.807, 2.05) is 18.2 Å². The highest BCUT2D eigenvalue weighted by atomic mass is 32.2. The van der Waals surface area contributed by atoms with Gasteiger partial charge in [-0.1, -0.05) is 36.4 Å². The van der Waals surface area contributed by atoms with E-state index >= 15 is 0 Å². The molecule has 3 rings (SSSR count). The van der Waals surface area contributed by atoms with Crippen LogP contribution in [0.25, 0.3) is 11.1 Å². The number of sulfone groups is 1. The molecule has 0 fully saturated rings. The Bertz CT molecular complexity index is 1600. The zero-order chi connectivity index (χ0) is 33.5. The van der Waals surface area contributed by atoms with Gasteiger partial charge < -0.3 is 21.7 Å². The third-order valence-corrected chi connectivity index (χ3v) is 9.25. The highest BCUT2D eigenvalue weighted by Crippen LogP contribution is 2.40. The van der Waals surface area contributed by atoms with E-state index in [2.05, 4.69) is 0 Å². The van der Waals surface area contributed by atoms with Gasteiger partial charge in [-0.15, -0.1) is 23.1 Å². The van der Waals surface area contributed by atoms with Crippen LogP contribution >= 0.6 is 23.1 Å². The van der Waals surface area contributed by atoms with Crippen molar-refractivity contribution in [3.8, 4) is 11.1 Å². The van der Waals surface area contributed by atoms with Crippen molar-refractivity contribution in [3.05, 3.63) is 64.5 Å². The molecule has 10 nitrogen and oxygen atoms in total. The number of amides is 1. The third-order valence-electron chi connectivity index (χ3n) is 4.87. The van der Waals surface area contributed by atoms with E-state index in [0.717, 1.165) is 16.9 Å². The number of alkyl halides is 6. The Morgan fingerprint density at radius 1 is 0.884 bits per heavy atom. The average Bonchev–Trinajstić information content (AvgIpc) is 3.34. The molecule has 43 heavy (non-hydrogen) atoms. The van der Waals surface area contributed by atoms with Crippen molar-refractivity contribution in [1.82, 2.24) is 0 Å². The van der Waals surface area contributed by atoms with Gasteiger partial charge in [-0.05, 0) is 42.0 Å². The van der Waals surface area contributed by atoms with E-state index < -0.39 is 40.0 Å². The lowest BCUT2D eigenvalue weighted by atomic mass is 9.94. The van der Waals surface area contributed by atoms with Crippen LogP contribution in [0, 0.1) is 12.3 Å². The van der Waals surface area contributed by atoms with Gasteiger partial charge in [0, 0.05) is 0 Å². The minimum Gasteiger partial charge on any atom is -0.475 e. The van der Waals surface area contributed by atoms with E-state index in [4.69, 9.17) is 36.7 Å². The van der Waals surface area contributed by atoms with Crippen molar-refractivity contribution in [2.24, 2.45) is 11.5 Å². The number of carbonyl (C=O) groups is 3. The summed E-state index contributed by atoms with van der Waals surface area (Å²) >= 11 is 2.37. The van der Waals surface area contributed by atoms with Gasteiger partial charge in [0.15, 0.2) is 0 Å². The van der Waals surface area contributed by atoms with Gasteiger partial charge >= 0.3 is 24.3 Å². The van der Waals surface area contributed by atoms with Gasteiger partial charge in [0.25, 0.3) is 5.91 Å². The number of hydrogen-bond acceptors (Lipinski definition) is 8. The number of thioether (sulfide) groups is 1. The molecular formula is C24H21F6N3O7S3. The molecule has 0 aliphatic rings. The lowest BCUT2D eigenvalue weighted by Crippen LogP contribution is -2.21. The summed E-state index contributed by atoms with van der Waals surface area (Å²) in [7, 11) is -4.08. The number of primary amides is 1. The number of carboxylic acid groups (broad SMARTS) is 2. The Hall–Kier alpha value is -4.10. The maximum absolute atomic E-state index is 13.5. The van der Waals surface area contributed by atoms with E-state index in [1.54, 1.807) is 31.4 Å². The van der Waals surface area contributed by atoms with Crippen LogP contribution in [0.2, 0.25) is 0 Å². The minimum atomic E-state index is -5.08. The van der Waals surface area contributed by atoms with Gasteiger partial charge in [0.05, 0.1) is 24.4 Å². The first-order valence-electron chi connectivity index (χ1n) is 10.9. The SMILES string of the molecule is CSc1sc(C(=N)N)cc1S(=O)(=O)c1ccc(C)c(-c2ccccc2)c1C(N)=O.O=C(O)C(F)(F)F.O=C(O)C(F)(F)F. The van der Waals surface area contributed by atoms with E-state index in [1.165, 1.54) is 23.9 Å². The Morgan fingerprint density at radius 3 is 1.72 bits per heavy atom. The maximum Gasteiger partial charge on any atom is 0.490 e. The van der Waals surface area contributed by atoms with E-state index in [0.29, 0.717) is 20.2 Å². The minimum absolute atomic E-state index is 0.0190. The zero-order valence-electron chi connectivity index (χ0n) is 21.7. The molecule has 0 saturated carbocycles. The second-order valence-corrected chi connectivity index (χ2v) is 11.9. The van der Waals surface area contributed by atoms with Gasteiger partial charge in [-0.2, -0.15) is 26.3 Å². The molecule has 2 aromatic carbocycles. The molecule has 3 aromatic rings. The van der Waals surface area contributed by atoms with Crippen LogP contribution in [-0.4, -0.2) is 60.9 Å². The summed E-state index contributed by atoms with van der Waals surface area (Å²) in [6, 6.07) is 13.5. The molecule has 0 saturated heterocycles. The molecule has 0 spiro atoms. The molecule has 19 heteroatoms. The summed E-state index contributed by atoms with van der Waals surface area (Å²) in [5, 5.41) is 21.9. The van der Waals surface area contributed by atoms with Crippen molar-refractivity contribution >= 4 is 56.6 Å². The standard InChI is InChI=1S/C20H19N3O3S3.2C2HF3O2/c1-11-8-9-14(17(19(23)24)16(11)12-6-4-3-5-7-12)29(25,26)15-10-13(18(21)22)28-20(15)27-2;2*3-2(4,5)1(6)7/h3-10H,1-2H3,(H3,21,22)(H2,23,24);2*(H,6,7). The number of thiophene rings is 1. The normalized spacial score (nSPS) is 11.3. The Kier molecular flexibility index (Phi) is 12.4. The quantitative estimate of drug-likeness (QED) is 0.104. The molecule has 234 valence electrons. The predicted octanol–water partition coefficient (Wildman–Crippen LogP) is 4.93. The van der Waals surface area contributed by atoms with Crippen LogP contribution in [0.15, 0.2) is 62.5 Å². The lowest BCUT2D eigenvalue weighted by molar-refractivity contribution is -0.193. The number of nitrogens with two attached hydrogens (primary N) is 2. The molecule has 0 aliphatic carbocycles. The summed E-state index contributed by atoms with van der Waals surface area (Å²) in [4.78, 5) is 30.4. The predicted molar refractivity (Wildman–Crippen MR) is 145 cm³/mol. The fourth-order valence-electron chi connectivity index (χ4n) is 3.07. The van der Waals surface area contributed by atoms with Gasteiger partial charge in [0.1, 0.15) is 5.84 Å². The van der Waals surface area contributed by atoms with E-state index in [-0.39, 0.29) is 21.2 Å². The molecule has 1 heterocycles. The topological polar surface area (TPSA) is 202 Å². The molecule has 0 unspecified atom stereocenters. The second-order valence-electron chi connectivity index (χ2n) is 7.85. The second kappa shape index (κ2) is 14.4. The van der Waals surface area contributed by atoms with Crippen molar-refractivity contribution in [2.75, 3.05) is 6.26 Å². The van der Waals surface area contributed by atoms with Crippen molar-refractivity contribution in [1.29, 1.82) is 5.41 Å². The number of rotatable bonds is 6. The van der Waals surface area contributed by atoms with Crippen LogP contribution < -0.4 is 11.5 Å². The monoisotopic (exact) mass is 673 g/mol. The molecular weight excluding hydrogens is 652 g/mol. The number of hydrogen-bond donors (Lipinski definition) is 5. The molecule has 7 N–H and O–H groups in total. The number of carboxylic acids is 2. The Labute approximate surface area is 247 Å². The number of nitrogen functional groups attached to an aromatic ring is 1. The summed E-state index contributed by atoms with van der Waals surface area (Å²) in [6.07, 6.45) is -8.42. The van der Waals surface area contributed by atoms with Gasteiger partial charge in [-0.3, -0.25) is 10.2 Å². The van der Waals surface area contributed by atoms with Crippen LogP contribution in [0.3, 0.4) is 0 Å². The Morgan fingerprint density at radius 2 is 1.35 bits per heavy atom. The summed E-state index contributed by atoms with van der Waals surface area (Å²) in [6.45, 7) is 1.80. The molecule has 1 amide bonds. The first-order chi connectivity index (χ1) is 19.6. The van der Waals surface area contributed by atoms with Gasteiger partial charge in [0.2, 0.25) is 9.84 Å². The molecule has 0 radical (unpaired) electrons. The van der Waals surface area contributed by atoms with E-state index in [9.17, 15) is 39.6 Å². The fourth-order valence-corrected chi connectivity index (χ4v) is 7.14. The number of carbonyl (C=O) groups excluding carboxylic acids is 1. The molecule has 1 aromatic heterocycles. The van der Waals surface area contributed by atoms with Gasteiger partial charge in [-0.25, -0.2) is 18.0 Å². The zero-order valence-corrected chi connectivity index (χ0v) is 24.2. The van der Waals surface area contributed by atoms with Crippen LogP contribution in [0.5, 0.6) is 0 Å². The molecule has 0 atom stereocenters. The number of halogens is 6. The summed E-state index contributed by atoms with van der Waals surface area (Å²) in [5.74, 6) is -6.55. The van der Waals surface area contributed by atoms with Crippen LogP contribution in [-0.2, 0) is 19.4 Å². The number of amidine groups is 1. The summed E-state index contributed by atoms with van der Waals surface area (Å²) in [5.41, 5.74) is 13.1. The summed E-state index contributed by atoms with van der Waals surface area (Å²) < 4.78 is 91.1. The van der Waals surface area contributed by atoms with Crippen LogP contribution in [0.1, 0.15) is 20.8 Å². The fraction of sp³-hybridized carbons (Fsp3) is 0.167. The number of nitrogens with one attached hydrogen (secondary N) is 1. The van der Waals surface area contributed by atoms with Crippen molar-refractivity contribution in [2.45, 2.75) is 33.3 Å².